The summed E-state index contributed by atoms with van der Waals surface area (Å²) in [5, 5.41) is 33.8. The Balaban J connectivity index is 0.000000239. The lowest BCUT2D eigenvalue weighted by atomic mass is 10.0. The highest BCUT2D eigenvalue weighted by atomic mass is 31.2. The number of likely N-dealkylation sites (N-methyl/N-ethyl adjacent to an activating group) is 2. The number of rotatable bonds is 17. The number of anilines is 11. The molecule has 4 aliphatic rings. The minimum atomic E-state index is -2.54. The lowest BCUT2D eigenvalue weighted by Crippen LogP contribution is -2.52. The van der Waals surface area contributed by atoms with Crippen LogP contribution in [-0.2, 0) is 9.13 Å². The number of benzene rings is 4. The first-order chi connectivity index (χ1) is 41.1. The Hall–Kier alpha value is -7.10. The molecule has 0 spiro atoms. The number of piperazine rings is 2. The minimum Gasteiger partial charge on any atom is -0.494 e. The number of nitrogen functional groups attached to an aromatic ring is 1. The van der Waals surface area contributed by atoms with E-state index in [1.54, 1.807) is 59.3 Å². The van der Waals surface area contributed by atoms with Crippen molar-refractivity contribution in [2.45, 2.75) is 59.0 Å². The molecule has 0 atom stereocenters. The third-order valence-corrected chi connectivity index (χ3v) is 19.6. The maximum atomic E-state index is 12.9. The number of aliphatic hydroxyl groups is 1. The van der Waals surface area contributed by atoms with Gasteiger partial charge in [0, 0.05) is 150 Å². The van der Waals surface area contributed by atoms with Crippen LogP contribution in [0.25, 0.3) is 0 Å². The van der Waals surface area contributed by atoms with Crippen LogP contribution in [0.1, 0.15) is 44.2 Å². The molecule has 0 unspecified atom stereocenters. The van der Waals surface area contributed by atoms with Gasteiger partial charge in [-0.05, 0) is 111 Å². The lowest BCUT2D eigenvalue weighted by molar-refractivity contribution is -0.384. The van der Waals surface area contributed by atoms with E-state index in [-0.39, 0.29) is 24.0 Å². The molecule has 2 aromatic heterocycles. The van der Waals surface area contributed by atoms with Crippen LogP contribution in [0.5, 0.6) is 11.5 Å². The summed E-state index contributed by atoms with van der Waals surface area (Å²) in [4.78, 5) is 44.6. The van der Waals surface area contributed by atoms with Crippen molar-refractivity contribution in [3.8, 4) is 11.5 Å². The van der Waals surface area contributed by atoms with E-state index in [2.05, 4.69) is 79.7 Å². The Morgan fingerprint density at radius 2 is 0.954 bits per heavy atom. The van der Waals surface area contributed by atoms with Gasteiger partial charge in [-0.25, -0.2) is 9.97 Å². The molecule has 10 rings (SSSR count). The fourth-order valence-electron chi connectivity index (χ4n) is 11.5. The number of nitro benzene ring substituents is 1. The molecule has 6 heterocycles. The standard InChI is InChI=1S/C30H41N8O4P.C30H43N8O2P.CH4O.CH4/c1-21-20-31-30(34-29(21)32-23-8-6-7-9-28(23)43(4,5)41)33-24-18-26(38(39)40)25(19-27(24)42-3)37-12-10-22(11-13-37)36-16-14-35(2)15-17-36;1-21-20-32-30(35-29(21)33-24-8-6-7-9-28(24)41(4,5)39)34-25-18-23(31)26(19-27(25)40-3)38-12-10-22(11-13-38)37-16-14-36(2)15-17-37;1-2;/h6-9,18-20,22H,10-17H2,1-5H3,(H2,31,32,33,34);6-9,18-20,22H,10-17,31H2,1-5H3,(H2,32,33,34,35);2H,1H3;1H4. The summed E-state index contributed by atoms with van der Waals surface area (Å²) in [6.07, 6.45) is 7.61. The van der Waals surface area contributed by atoms with E-state index < -0.39 is 14.3 Å². The van der Waals surface area contributed by atoms with Crippen LogP contribution in [0.4, 0.5) is 69.0 Å². The predicted molar refractivity (Wildman–Crippen MR) is 358 cm³/mol. The van der Waals surface area contributed by atoms with E-state index in [1.165, 1.54) is 6.07 Å². The van der Waals surface area contributed by atoms with Gasteiger partial charge in [0.15, 0.2) is 0 Å². The zero-order valence-electron chi connectivity index (χ0n) is 51.8. The normalized spacial score (nSPS) is 16.7. The molecule has 4 saturated heterocycles. The summed E-state index contributed by atoms with van der Waals surface area (Å²) in [5.41, 5.74) is 13.1. The average molecular weight is 1240 g/mol. The first kappa shape index (κ1) is 67.4. The number of methoxy groups -OCH3 is 2. The molecule has 472 valence electrons. The van der Waals surface area contributed by atoms with Gasteiger partial charge in [-0.15, -0.1) is 0 Å². The number of aromatic nitrogens is 4. The summed E-state index contributed by atoms with van der Waals surface area (Å²) in [6, 6.07) is 23.4. The number of nitrogens with two attached hydrogens (primary N) is 1. The first-order valence-electron chi connectivity index (χ1n) is 29.3. The van der Waals surface area contributed by atoms with Crippen molar-refractivity contribution in [2.75, 3.05) is 177 Å². The fourth-order valence-corrected chi connectivity index (χ4v) is 13.8. The van der Waals surface area contributed by atoms with Gasteiger partial charge in [0.25, 0.3) is 5.69 Å². The van der Waals surface area contributed by atoms with Crippen LogP contribution in [0.2, 0.25) is 0 Å². The molecular weight excluding hydrogens is 1140 g/mol. The molecule has 0 aliphatic carbocycles. The van der Waals surface area contributed by atoms with Crippen LogP contribution in [0.15, 0.2) is 85.2 Å². The summed E-state index contributed by atoms with van der Waals surface area (Å²) in [6.45, 7) is 23.1. The zero-order valence-corrected chi connectivity index (χ0v) is 53.6. The van der Waals surface area contributed by atoms with Crippen LogP contribution in [0, 0.1) is 24.0 Å². The maximum absolute atomic E-state index is 12.9. The van der Waals surface area contributed by atoms with Gasteiger partial charge in [-0.1, -0.05) is 31.7 Å². The van der Waals surface area contributed by atoms with Gasteiger partial charge >= 0.3 is 0 Å². The monoisotopic (exact) mass is 1230 g/mol. The van der Waals surface area contributed by atoms with Crippen molar-refractivity contribution in [1.29, 1.82) is 0 Å². The van der Waals surface area contributed by atoms with Crippen molar-refractivity contribution >= 4 is 93.9 Å². The lowest BCUT2D eigenvalue weighted by Gasteiger charge is -2.42. The van der Waals surface area contributed by atoms with E-state index in [0.29, 0.717) is 69.6 Å². The van der Waals surface area contributed by atoms with Gasteiger partial charge < -0.3 is 70.3 Å². The van der Waals surface area contributed by atoms with E-state index in [0.717, 1.165) is 144 Å². The van der Waals surface area contributed by atoms with Gasteiger partial charge in [0.05, 0.1) is 53.3 Å². The second-order valence-electron chi connectivity index (χ2n) is 23.2. The number of nitrogens with one attached hydrogen (secondary N) is 4. The highest BCUT2D eigenvalue weighted by Crippen LogP contribution is 2.43. The smallest absolute Gasteiger partial charge is 0.294 e. The number of aryl methyl sites for hydroxylation is 2. The van der Waals surface area contributed by atoms with Crippen molar-refractivity contribution in [2.24, 2.45) is 0 Å². The Kier molecular flexibility index (Phi) is 23.4. The molecule has 0 radical (unpaired) electrons. The van der Waals surface area contributed by atoms with E-state index in [1.807, 2.05) is 74.5 Å². The third kappa shape index (κ3) is 17.2. The molecule has 6 aromatic rings. The number of hydrogen-bond acceptors (Lipinski definition) is 22. The Morgan fingerprint density at radius 3 is 1.34 bits per heavy atom. The number of nitro groups is 1. The predicted octanol–water partition coefficient (Wildman–Crippen LogP) is 9.23. The van der Waals surface area contributed by atoms with E-state index in [4.69, 9.17) is 25.3 Å². The number of ether oxygens (including phenoxy) is 2. The molecule has 4 aromatic carbocycles. The van der Waals surface area contributed by atoms with Crippen molar-refractivity contribution in [3.05, 3.63) is 106 Å². The maximum Gasteiger partial charge on any atom is 0.294 e. The second-order valence-corrected chi connectivity index (χ2v) is 29.6. The SMILES string of the molecule is C.CO.COc1cc(N2CCC(N3CCN(C)CC3)CC2)c(N)cc1Nc1ncc(C)c(Nc2ccccc2P(C)(C)=O)n1.COc1cc(N2CCC(N3CCN(C)CC3)CC2)c([N+](=O)[O-])cc1Nc1ncc(C)c(Nc2ccccc2P(C)(C)=O)n1. The van der Waals surface area contributed by atoms with Gasteiger partial charge in [-0.2, -0.15) is 9.97 Å². The molecule has 87 heavy (non-hydrogen) atoms. The highest BCUT2D eigenvalue weighted by molar-refractivity contribution is 7.70. The van der Waals surface area contributed by atoms with Gasteiger partial charge in [0.1, 0.15) is 43.1 Å². The summed E-state index contributed by atoms with van der Waals surface area (Å²) < 4.78 is 37.2. The minimum absolute atomic E-state index is 0. The summed E-state index contributed by atoms with van der Waals surface area (Å²) in [7, 11) is 3.54. The quantitative estimate of drug-likeness (QED) is 0.0215. The number of nitrogens with zero attached hydrogens (tertiary/aromatic N) is 11. The summed E-state index contributed by atoms with van der Waals surface area (Å²) >= 11 is 0. The Morgan fingerprint density at radius 1 is 0.575 bits per heavy atom. The van der Waals surface area contributed by atoms with Gasteiger partial charge in [-0.3, -0.25) is 19.9 Å². The fraction of sp³-hybridized carbons (Fsp3) is 0.484. The molecular formula is C62H92N16O7P2. The summed E-state index contributed by atoms with van der Waals surface area (Å²) in [5.74, 6) is 2.96. The third-order valence-electron chi connectivity index (χ3n) is 16.5. The number of aliphatic hydroxyl groups excluding tert-OH is 1. The van der Waals surface area contributed by atoms with Gasteiger partial charge in [0.2, 0.25) is 11.9 Å². The largest absolute Gasteiger partial charge is 0.494 e. The van der Waals surface area contributed by atoms with Crippen LogP contribution in [-0.4, -0.2) is 202 Å². The Bertz CT molecular complexity index is 3370. The molecule has 4 fully saturated rings. The molecule has 0 saturated carbocycles. The number of para-hydroxylation sites is 2. The number of hydrogen-bond donors (Lipinski definition) is 6. The average Bonchev–Trinajstić information content (AvgIpc) is 1.69. The molecule has 4 aliphatic heterocycles. The topological polar surface area (TPSA) is 261 Å². The molecule has 25 heteroatoms. The van der Waals surface area contributed by atoms with Crippen molar-refractivity contribution < 1.29 is 28.6 Å². The molecule has 7 N–H and O–H groups in total. The molecule has 0 bridgehead atoms. The molecule has 0 amide bonds. The van der Waals surface area contributed by atoms with Crippen LogP contribution in [0.3, 0.4) is 0 Å². The van der Waals surface area contributed by atoms with E-state index >= 15 is 0 Å². The second kappa shape index (κ2) is 30.2. The van der Waals surface area contributed by atoms with Crippen molar-refractivity contribution in [1.82, 2.24) is 39.5 Å². The van der Waals surface area contributed by atoms with Crippen molar-refractivity contribution in [3.63, 3.8) is 0 Å². The Labute approximate surface area is 514 Å². The van der Waals surface area contributed by atoms with Crippen LogP contribution < -0.4 is 56.9 Å². The first-order valence-corrected chi connectivity index (χ1v) is 34.5. The molecule has 23 nitrogen and oxygen atoms in total. The number of piperidine rings is 2. The van der Waals surface area contributed by atoms with E-state index in [9.17, 15) is 19.2 Å². The van der Waals surface area contributed by atoms with Crippen LogP contribution >= 0.6 is 14.3 Å². The highest BCUT2D eigenvalue weighted by Gasteiger charge is 2.32. The zero-order chi connectivity index (χ0) is 61.9.